The van der Waals surface area contributed by atoms with E-state index in [1.807, 2.05) is 12.1 Å². The van der Waals surface area contributed by atoms with Gasteiger partial charge in [0.05, 0.1) is 10.7 Å². The Kier molecular flexibility index (Phi) is 4.80. The van der Waals surface area contributed by atoms with E-state index in [0.717, 1.165) is 37.7 Å². The van der Waals surface area contributed by atoms with Crippen molar-refractivity contribution in [1.29, 1.82) is 0 Å². The molecular weight excluding hydrogens is 248 g/mol. The maximum Gasteiger partial charge on any atom is 0.129 e. The molecule has 18 heavy (non-hydrogen) atoms. The molecule has 0 aromatic carbocycles. The monoisotopic (exact) mass is 268 g/mol. The number of hydrogen-bond acceptors (Lipinski definition) is 4. The molecule has 0 saturated carbocycles. The Morgan fingerprint density at radius 3 is 2.61 bits per heavy atom. The predicted octanol–water partition coefficient (Wildman–Crippen LogP) is 1.73. The number of pyridine rings is 1. The van der Waals surface area contributed by atoms with E-state index in [2.05, 4.69) is 21.7 Å². The highest BCUT2D eigenvalue weighted by atomic mass is 35.5. The topological polar surface area (TPSA) is 45.4 Å². The van der Waals surface area contributed by atoms with Crippen LogP contribution in [0, 0.1) is 0 Å². The van der Waals surface area contributed by atoms with Gasteiger partial charge in [-0.15, -0.1) is 0 Å². The van der Waals surface area contributed by atoms with Gasteiger partial charge in [-0.25, -0.2) is 4.98 Å². The maximum atomic E-state index is 6.03. The third-order valence-electron chi connectivity index (χ3n) is 3.33. The summed E-state index contributed by atoms with van der Waals surface area (Å²) < 4.78 is 0. The summed E-state index contributed by atoms with van der Waals surface area (Å²) in [6, 6.07) is 3.88. The van der Waals surface area contributed by atoms with Crippen LogP contribution in [0.3, 0.4) is 0 Å². The Bertz CT molecular complexity index is 389. The molecule has 0 bridgehead atoms. The molecule has 0 spiro atoms. The summed E-state index contributed by atoms with van der Waals surface area (Å²) in [6.07, 6.45) is 1.22. The van der Waals surface area contributed by atoms with Gasteiger partial charge in [-0.2, -0.15) is 0 Å². The quantitative estimate of drug-likeness (QED) is 0.903. The van der Waals surface area contributed by atoms with Crippen LogP contribution in [0.25, 0.3) is 0 Å². The van der Waals surface area contributed by atoms with Crippen molar-refractivity contribution >= 4 is 17.4 Å². The first-order chi connectivity index (χ1) is 8.74. The Hall–Kier alpha value is -0.840. The first-order valence-electron chi connectivity index (χ1n) is 6.57. The zero-order chi connectivity index (χ0) is 13.0. The van der Waals surface area contributed by atoms with Gasteiger partial charge in [0.25, 0.3) is 0 Å². The number of piperazine rings is 1. The van der Waals surface area contributed by atoms with Gasteiger partial charge in [0.2, 0.25) is 0 Å². The van der Waals surface area contributed by atoms with E-state index in [4.69, 9.17) is 17.3 Å². The molecule has 1 aromatic rings. The van der Waals surface area contributed by atoms with Crippen LogP contribution in [0.4, 0.5) is 5.82 Å². The Morgan fingerprint density at radius 2 is 2.00 bits per heavy atom. The molecule has 4 nitrogen and oxygen atoms in total. The molecule has 0 radical (unpaired) electrons. The number of hydrogen-bond donors (Lipinski definition) is 1. The second kappa shape index (κ2) is 6.36. The average Bonchev–Trinajstić information content (AvgIpc) is 2.41. The van der Waals surface area contributed by atoms with E-state index in [0.29, 0.717) is 11.6 Å². The van der Waals surface area contributed by atoms with Crippen molar-refractivity contribution in [1.82, 2.24) is 9.88 Å². The molecule has 5 heteroatoms. The SMILES string of the molecule is CCCN1CCN(c2ccc(Cl)c(CN)n2)CC1. The molecule has 0 aliphatic carbocycles. The summed E-state index contributed by atoms with van der Waals surface area (Å²) in [7, 11) is 0. The van der Waals surface area contributed by atoms with Gasteiger partial charge in [-0.3, -0.25) is 4.90 Å². The smallest absolute Gasteiger partial charge is 0.129 e. The third-order valence-corrected chi connectivity index (χ3v) is 3.68. The number of nitrogens with two attached hydrogens (primary N) is 1. The minimum atomic E-state index is 0.391. The largest absolute Gasteiger partial charge is 0.354 e. The second-order valence-corrected chi connectivity index (χ2v) is 5.04. The lowest BCUT2D eigenvalue weighted by Crippen LogP contribution is -2.46. The number of halogens is 1. The van der Waals surface area contributed by atoms with Crippen molar-refractivity contribution in [3.05, 3.63) is 22.8 Å². The lowest BCUT2D eigenvalue weighted by Gasteiger charge is -2.35. The van der Waals surface area contributed by atoms with E-state index >= 15 is 0 Å². The van der Waals surface area contributed by atoms with Gasteiger partial charge >= 0.3 is 0 Å². The number of anilines is 1. The highest BCUT2D eigenvalue weighted by Gasteiger charge is 2.17. The van der Waals surface area contributed by atoms with Crippen LogP contribution < -0.4 is 10.6 Å². The summed E-state index contributed by atoms with van der Waals surface area (Å²) in [5.41, 5.74) is 6.42. The van der Waals surface area contributed by atoms with Gasteiger partial charge in [0.15, 0.2) is 0 Å². The molecule has 0 atom stereocenters. The van der Waals surface area contributed by atoms with Crippen molar-refractivity contribution in [3.63, 3.8) is 0 Å². The summed E-state index contributed by atoms with van der Waals surface area (Å²) >= 11 is 6.03. The fraction of sp³-hybridized carbons (Fsp3) is 0.615. The maximum absolute atomic E-state index is 6.03. The number of aromatic nitrogens is 1. The van der Waals surface area contributed by atoms with Crippen molar-refractivity contribution in [3.8, 4) is 0 Å². The van der Waals surface area contributed by atoms with Gasteiger partial charge in [-0.05, 0) is 25.1 Å². The normalized spacial score (nSPS) is 17.2. The average molecular weight is 269 g/mol. The van der Waals surface area contributed by atoms with Crippen LogP contribution >= 0.6 is 11.6 Å². The van der Waals surface area contributed by atoms with Gasteiger partial charge in [0.1, 0.15) is 5.82 Å². The summed E-state index contributed by atoms with van der Waals surface area (Å²) in [6.45, 7) is 8.07. The van der Waals surface area contributed by atoms with Crippen LogP contribution in [-0.4, -0.2) is 42.6 Å². The van der Waals surface area contributed by atoms with E-state index in [9.17, 15) is 0 Å². The Labute approximate surface area is 114 Å². The summed E-state index contributed by atoms with van der Waals surface area (Å²) in [5.74, 6) is 0.996. The standard InChI is InChI=1S/C13H21ClN4/c1-2-5-17-6-8-18(9-7-17)13-4-3-11(14)12(10-15)16-13/h3-4H,2,5-10,15H2,1H3. The van der Waals surface area contributed by atoms with E-state index in [1.54, 1.807) is 0 Å². The van der Waals surface area contributed by atoms with Gasteiger partial charge < -0.3 is 10.6 Å². The van der Waals surface area contributed by atoms with Crippen molar-refractivity contribution in [2.75, 3.05) is 37.6 Å². The van der Waals surface area contributed by atoms with Gasteiger partial charge in [0, 0.05) is 32.7 Å². The van der Waals surface area contributed by atoms with Crippen molar-refractivity contribution in [2.45, 2.75) is 19.9 Å². The molecule has 1 aromatic heterocycles. The fourth-order valence-electron chi connectivity index (χ4n) is 2.31. The second-order valence-electron chi connectivity index (χ2n) is 4.63. The van der Waals surface area contributed by atoms with Crippen LogP contribution in [0.2, 0.25) is 5.02 Å². The third kappa shape index (κ3) is 3.13. The molecule has 2 heterocycles. The Morgan fingerprint density at radius 1 is 1.28 bits per heavy atom. The first kappa shape index (κ1) is 13.6. The lowest BCUT2D eigenvalue weighted by molar-refractivity contribution is 0.258. The minimum Gasteiger partial charge on any atom is -0.354 e. The Balaban J connectivity index is 2.01. The minimum absolute atomic E-state index is 0.391. The zero-order valence-electron chi connectivity index (χ0n) is 10.9. The lowest BCUT2D eigenvalue weighted by atomic mass is 10.2. The highest BCUT2D eigenvalue weighted by molar-refractivity contribution is 6.31. The highest BCUT2D eigenvalue weighted by Crippen LogP contribution is 2.20. The predicted molar refractivity (Wildman–Crippen MR) is 76.1 cm³/mol. The molecule has 2 rings (SSSR count). The molecule has 2 N–H and O–H groups in total. The zero-order valence-corrected chi connectivity index (χ0v) is 11.7. The molecular formula is C13H21ClN4. The van der Waals surface area contributed by atoms with E-state index < -0.39 is 0 Å². The molecule has 0 amide bonds. The molecule has 100 valence electrons. The van der Waals surface area contributed by atoms with Crippen molar-refractivity contribution in [2.24, 2.45) is 5.73 Å². The number of nitrogens with zero attached hydrogens (tertiary/aromatic N) is 3. The van der Waals surface area contributed by atoms with Crippen LogP contribution in [0.1, 0.15) is 19.0 Å². The number of rotatable bonds is 4. The van der Waals surface area contributed by atoms with Gasteiger partial charge in [-0.1, -0.05) is 18.5 Å². The summed E-state index contributed by atoms with van der Waals surface area (Å²) in [5, 5.41) is 0.658. The van der Waals surface area contributed by atoms with E-state index in [-0.39, 0.29) is 0 Å². The molecule has 1 saturated heterocycles. The van der Waals surface area contributed by atoms with Crippen LogP contribution in [0.15, 0.2) is 12.1 Å². The summed E-state index contributed by atoms with van der Waals surface area (Å²) in [4.78, 5) is 9.34. The molecule has 1 fully saturated rings. The fourth-order valence-corrected chi connectivity index (χ4v) is 2.49. The molecule has 1 aliphatic heterocycles. The van der Waals surface area contributed by atoms with E-state index in [1.165, 1.54) is 13.0 Å². The van der Waals surface area contributed by atoms with Crippen LogP contribution in [0.5, 0.6) is 0 Å². The van der Waals surface area contributed by atoms with Crippen molar-refractivity contribution < 1.29 is 0 Å². The first-order valence-corrected chi connectivity index (χ1v) is 6.95. The molecule has 1 aliphatic rings. The molecule has 0 unspecified atom stereocenters. The van der Waals surface area contributed by atoms with Crippen LogP contribution in [-0.2, 0) is 6.54 Å².